The molecule has 4 bridgehead atoms. The molecule has 0 aromatic carbocycles. The maximum Gasteiger partial charge on any atom is 0.197 e. The Balaban J connectivity index is 1.84. The minimum atomic E-state index is -2.08. The Morgan fingerprint density at radius 2 is 1.85 bits per heavy atom. The van der Waals surface area contributed by atoms with E-state index in [-0.39, 0.29) is 11.2 Å². The van der Waals surface area contributed by atoms with Crippen molar-refractivity contribution in [3.05, 3.63) is 12.2 Å². The molecule has 6 rings (SSSR count). The molecule has 26 heavy (non-hydrogen) atoms. The number of aliphatic hydroxyl groups excluding tert-OH is 3. The van der Waals surface area contributed by atoms with Crippen LogP contribution in [0.2, 0.25) is 0 Å². The number of nitrogens with zero attached hydrogens (tertiary/aromatic N) is 1. The SMILES string of the molecule is C=C1C(=O)[C@]23[C@H](O)[C@H]1CC[C@H]2[C@@]12C=N[C@@]3(O)[C@@H](O)[C@@H]1C(C)(C)CC[C@@H]2O. The standard InChI is InChI=1S/C20H27NO5/c1-9-10-4-5-11-18-8-21-20(26,19(11,14(9)23)15(10)24)16(25)13(18)17(2,3)7-6-12(18)22/h8,10-13,15-16,22,24-26H,1,4-7H2,2-3H3/t10-,11-,12-,13+,15+,16-,18+,19-,20+/m0/s1. The third-order valence-electron chi connectivity index (χ3n) is 8.72. The quantitative estimate of drug-likeness (QED) is 0.468. The summed E-state index contributed by atoms with van der Waals surface area (Å²) in [7, 11) is 0. The van der Waals surface area contributed by atoms with E-state index in [1.165, 1.54) is 0 Å². The van der Waals surface area contributed by atoms with Crippen molar-refractivity contribution in [2.24, 2.45) is 39.0 Å². The highest BCUT2D eigenvalue weighted by atomic mass is 16.4. The van der Waals surface area contributed by atoms with Crippen LogP contribution in [-0.4, -0.2) is 56.5 Å². The van der Waals surface area contributed by atoms with E-state index >= 15 is 0 Å². The molecular formula is C20H27NO5. The summed E-state index contributed by atoms with van der Waals surface area (Å²) in [5.41, 5.74) is -4.61. The molecule has 2 heterocycles. The predicted molar refractivity (Wildman–Crippen MR) is 93.2 cm³/mol. The number of hydrogen-bond donors (Lipinski definition) is 4. The molecule has 2 aliphatic heterocycles. The monoisotopic (exact) mass is 361 g/mol. The molecule has 9 atom stereocenters. The van der Waals surface area contributed by atoms with Crippen molar-refractivity contribution in [1.82, 2.24) is 0 Å². The van der Waals surface area contributed by atoms with Gasteiger partial charge in [-0.25, -0.2) is 0 Å². The number of fused-ring (bicyclic) bond motifs is 1. The first-order chi connectivity index (χ1) is 12.1. The Morgan fingerprint density at radius 1 is 1.15 bits per heavy atom. The summed E-state index contributed by atoms with van der Waals surface area (Å²) in [6.45, 7) is 7.96. The van der Waals surface area contributed by atoms with Crippen LogP contribution in [0.5, 0.6) is 0 Å². The van der Waals surface area contributed by atoms with Gasteiger partial charge in [-0.1, -0.05) is 20.4 Å². The summed E-state index contributed by atoms with van der Waals surface area (Å²) in [6.07, 6.45) is 0.848. The Labute approximate surface area is 152 Å². The van der Waals surface area contributed by atoms with Crippen LogP contribution in [0.3, 0.4) is 0 Å². The number of ketones is 1. The molecule has 0 aromatic rings. The second-order valence-electron chi connectivity index (χ2n) is 9.85. The van der Waals surface area contributed by atoms with E-state index in [0.717, 1.165) is 0 Å². The molecule has 6 aliphatic rings. The van der Waals surface area contributed by atoms with Gasteiger partial charge in [0.2, 0.25) is 0 Å². The highest BCUT2D eigenvalue weighted by Gasteiger charge is 2.85. The van der Waals surface area contributed by atoms with Crippen molar-refractivity contribution in [2.45, 2.75) is 63.6 Å². The van der Waals surface area contributed by atoms with E-state index in [4.69, 9.17) is 0 Å². The van der Waals surface area contributed by atoms with Gasteiger partial charge in [-0.05, 0) is 42.6 Å². The average Bonchev–Trinajstić information content (AvgIpc) is 2.69. The number of aliphatic imine (C=N–C) groups is 1. The van der Waals surface area contributed by atoms with Crippen LogP contribution in [0.1, 0.15) is 39.5 Å². The zero-order valence-electron chi connectivity index (χ0n) is 15.2. The fraction of sp³-hybridized carbons (Fsp3) is 0.800. The zero-order chi connectivity index (χ0) is 18.9. The minimum Gasteiger partial charge on any atom is -0.392 e. The lowest BCUT2D eigenvalue weighted by Gasteiger charge is -2.72. The third-order valence-corrected chi connectivity index (χ3v) is 8.72. The largest absolute Gasteiger partial charge is 0.392 e. The van der Waals surface area contributed by atoms with E-state index in [1.54, 1.807) is 6.21 Å². The summed E-state index contributed by atoms with van der Waals surface area (Å²) in [5, 5.41) is 45.2. The third kappa shape index (κ3) is 1.36. The first-order valence-electron chi connectivity index (χ1n) is 9.63. The fourth-order valence-corrected chi connectivity index (χ4v) is 7.71. The molecule has 4 aliphatic carbocycles. The van der Waals surface area contributed by atoms with Crippen molar-refractivity contribution < 1.29 is 25.2 Å². The van der Waals surface area contributed by atoms with Crippen LogP contribution in [0.15, 0.2) is 17.1 Å². The number of Topliss-reactive ketones (excluding diaryl/α,β-unsaturated/α-hetero) is 1. The van der Waals surface area contributed by atoms with E-state index < -0.39 is 52.6 Å². The summed E-state index contributed by atoms with van der Waals surface area (Å²) < 4.78 is 0. The Bertz CT molecular complexity index is 761. The molecule has 6 nitrogen and oxygen atoms in total. The number of carbonyl (C=O) groups excluding carboxylic acids is 1. The molecule has 4 saturated carbocycles. The van der Waals surface area contributed by atoms with Gasteiger partial charge < -0.3 is 20.4 Å². The Morgan fingerprint density at radius 3 is 2.54 bits per heavy atom. The van der Waals surface area contributed by atoms with Crippen molar-refractivity contribution in [3.8, 4) is 0 Å². The smallest absolute Gasteiger partial charge is 0.197 e. The van der Waals surface area contributed by atoms with Crippen LogP contribution in [-0.2, 0) is 4.79 Å². The first-order valence-corrected chi connectivity index (χ1v) is 9.63. The summed E-state index contributed by atoms with van der Waals surface area (Å²) in [5.74, 6) is -1.68. The molecule has 2 spiro atoms. The van der Waals surface area contributed by atoms with Gasteiger partial charge in [0.1, 0.15) is 11.5 Å². The van der Waals surface area contributed by atoms with Crippen LogP contribution in [0.25, 0.3) is 0 Å². The normalized spacial score (nSPS) is 59.3. The lowest BCUT2D eigenvalue weighted by Crippen LogP contribution is -2.82. The summed E-state index contributed by atoms with van der Waals surface area (Å²) in [6, 6.07) is 0. The number of carbonyl (C=O) groups is 1. The fourth-order valence-electron chi connectivity index (χ4n) is 7.71. The van der Waals surface area contributed by atoms with Crippen LogP contribution in [0, 0.1) is 34.0 Å². The van der Waals surface area contributed by atoms with Gasteiger partial charge >= 0.3 is 0 Å². The summed E-state index contributed by atoms with van der Waals surface area (Å²) >= 11 is 0. The summed E-state index contributed by atoms with van der Waals surface area (Å²) in [4.78, 5) is 17.6. The zero-order valence-corrected chi connectivity index (χ0v) is 15.2. The number of hydrogen-bond acceptors (Lipinski definition) is 6. The topological polar surface area (TPSA) is 110 Å². The second-order valence-corrected chi connectivity index (χ2v) is 9.85. The lowest BCUT2D eigenvalue weighted by molar-refractivity contribution is -0.319. The molecule has 0 radical (unpaired) electrons. The molecule has 0 saturated heterocycles. The predicted octanol–water partition coefficient (Wildman–Crippen LogP) is 0.430. The van der Waals surface area contributed by atoms with Gasteiger partial charge in [0.25, 0.3) is 0 Å². The molecule has 142 valence electrons. The van der Waals surface area contributed by atoms with Crippen LogP contribution < -0.4 is 0 Å². The average molecular weight is 361 g/mol. The van der Waals surface area contributed by atoms with Crippen molar-refractivity contribution in [1.29, 1.82) is 0 Å². The highest BCUT2D eigenvalue weighted by molar-refractivity contribution is 6.06. The molecule has 6 heteroatoms. The lowest BCUT2D eigenvalue weighted by atomic mass is 9.35. The van der Waals surface area contributed by atoms with Crippen molar-refractivity contribution in [2.75, 3.05) is 0 Å². The van der Waals surface area contributed by atoms with E-state index in [1.807, 2.05) is 13.8 Å². The van der Waals surface area contributed by atoms with E-state index in [0.29, 0.717) is 31.3 Å². The van der Waals surface area contributed by atoms with E-state index in [2.05, 4.69) is 11.6 Å². The molecular weight excluding hydrogens is 334 g/mol. The maximum atomic E-state index is 13.3. The minimum absolute atomic E-state index is 0.320. The molecule has 0 unspecified atom stereocenters. The molecule has 0 amide bonds. The van der Waals surface area contributed by atoms with Crippen LogP contribution >= 0.6 is 0 Å². The van der Waals surface area contributed by atoms with Gasteiger partial charge in [-0.15, -0.1) is 0 Å². The van der Waals surface area contributed by atoms with E-state index in [9.17, 15) is 25.2 Å². The van der Waals surface area contributed by atoms with Gasteiger partial charge in [0, 0.05) is 23.5 Å². The first kappa shape index (κ1) is 17.0. The van der Waals surface area contributed by atoms with Crippen LogP contribution in [0.4, 0.5) is 0 Å². The van der Waals surface area contributed by atoms with Gasteiger partial charge in [-0.3, -0.25) is 9.79 Å². The van der Waals surface area contributed by atoms with Crippen molar-refractivity contribution >= 4 is 12.0 Å². The maximum absolute atomic E-state index is 13.3. The molecule has 4 N–H and O–H groups in total. The van der Waals surface area contributed by atoms with Gasteiger partial charge in [-0.2, -0.15) is 0 Å². The van der Waals surface area contributed by atoms with Gasteiger partial charge in [0.05, 0.1) is 12.2 Å². The Hall–Kier alpha value is -1.08. The molecule has 0 aromatic heterocycles. The highest BCUT2D eigenvalue weighted by Crippen LogP contribution is 2.75. The van der Waals surface area contributed by atoms with Crippen molar-refractivity contribution in [3.63, 3.8) is 0 Å². The number of aliphatic hydroxyl groups is 4. The molecule has 4 fully saturated rings. The Kier molecular flexibility index (Phi) is 2.94. The van der Waals surface area contributed by atoms with Gasteiger partial charge in [0.15, 0.2) is 11.5 Å². The second kappa shape index (κ2) is 4.49. The number of rotatable bonds is 0.